The number of rotatable bonds is 5. The molecule has 1 atom stereocenters. The summed E-state index contributed by atoms with van der Waals surface area (Å²) in [4.78, 5) is 14.1. The highest BCUT2D eigenvalue weighted by atomic mass is 19.1. The quantitative estimate of drug-likeness (QED) is 0.866. The van der Waals surface area contributed by atoms with Gasteiger partial charge in [-0.2, -0.15) is 0 Å². The van der Waals surface area contributed by atoms with E-state index in [9.17, 15) is 9.18 Å². The molecule has 5 heteroatoms. The number of benzene rings is 1. The molecule has 1 amide bonds. The molecule has 110 valence electrons. The molecule has 1 saturated heterocycles. The van der Waals surface area contributed by atoms with Crippen LogP contribution in [0.2, 0.25) is 0 Å². The molecule has 0 saturated carbocycles. The van der Waals surface area contributed by atoms with Gasteiger partial charge in [-0.1, -0.05) is 0 Å². The summed E-state index contributed by atoms with van der Waals surface area (Å²) < 4.78 is 12.8. The van der Waals surface area contributed by atoms with Crippen molar-refractivity contribution in [1.29, 1.82) is 0 Å². The van der Waals surface area contributed by atoms with Gasteiger partial charge < -0.3 is 16.0 Å². The van der Waals surface area contributed by atoms with Crippen molar-refractivity contribution in [3.8, 4) is 0 Å². The Balaban J connectivity index is 1.87. The van der Waals surface area contributed by atoms with E-state index in [0.29, 0.717) is 13.0 Å². The number of anilines is 1. The normalized spacial score (nSPS) is 16.8. The average molecular weight is 279 g/mol. The van der Waals surface area contributed by atoms with Gasteiger partial charge in [0.1, 0.15) is 5.82 Å². The third kappa shape index (κ3) is 4.20. The molecular weight excluding hydrogens is 257 g/mol. The summed E-state index contributed by atoms with van der Waals surface area (Å²) in [6.45, 7) is 2.08. The third-order valence-electron chi connectivity index (χ3n) is 3.63. The predicted octanol–water partition coefficient (Wildman–Crippen LogP) is 1.97. The molecule has 0 bridgehead atoms. The van der Waals surface area contributed by atoms with Crippen LogP contribution in [-0.2, 0) is 4.79 Å². The van der Waals surface area contributed by atoms with Crippen molar-refractivity contribution >= 4 is 11.6 Å². The Morgan fingerprint density at radius 1 is 1.25 bits per heavy atom. The predicted molar refractivity (Wildman–Crippen MR) is 77.9 cm³/mol. The topological polar surface area (TPSA) is 58.4 Å². The van der Waals surface area contributed by atoms with Crippen LogP contribution in [0.1, 0.15) is 25.7 Å². The summed E-state index contributed by atoms with van der Waals surface area (Å²) in [5.74, 6) is -0.126. The Bertz CT molecular complexity index is 429. The molecule has 1 aliphatic rings. The number of carbonyl (C=O) groups is 1. The molecule has 0 aromatic heterocycles. The molecule has 1 fully saturated rings. The molecule has 1 aromatic carbocycles. The highest BCUT2D eigenvalue weighted by molar-refractivity contribution is 5.77. The standard InChI is InChI=1S/C15H22FN3O/c16-12-4-6-13(7-5-12)18-14(11-17)10-15(20)19-8-2-1-3-9-19/h4-7,14,18H,1-3,8-11,17H2. The van der Waals surface area contributed by atoms with E-state index in [2.05, 4.69) is 5.32 Å². The van der Waals surface area contributed by atoms with Crippen molar-refractivity contribution in [3.63, 3.8) is 0 Å². The highest BCUT2D eigenvalue weighted by Gasteiger charge is 2.20. The fraction of sp³-hybridized carbons (Fsp3) is 0.533. The summed E-state index contributed by atoms with van der Waals surface area (Å²) in [7, 11) is 0. The molecule has 0 radical (unpaired) electrons. The lowest BCUT2D eigenvalue weighted by Gasteiger charge is -2.28. The first kappa shape index (κ1) is 14.8. The van der Waals surface area contributed by atoms with Gasteiger partial charge in [0.25, 0.3) is 0 Å². The lowest BCUT2D eigenvalue weighted by molar-refractivity contribution is -0.132. The number of nitrogens with zero attached hydrogens (tertiary/aromatic N) is 1. The minimum atomic E-state index is -0.274. The van der Waals surface area contributed by atoms with Crippen LogP contribution in [-0.4, -0.2) is 36.5 Å². The Morgan fingerprint density at radius 2 is 1.90 bits per heavy atom. The second-order valence-electron chi connectivity index (χ2n) is 5.23. The summed E-state index contributed by atoms with van der Waals surface area (Å²) in [6.07, 6.45) is 3.76. The van der Waals surface area contributed by atoms with Gasteiger partial charge in [-0.15, -0.1) is 0 Å². The maximum Gasteiger partial charge on any atom is 0.224 e. The van der Waals surface area contributed by atoms with Gasteiger partial charge >= 0.3 is 0 Å². The second-order valence-corrected chi connectivity index (χ2v) is 5.23. The van der Waals surface area contributed by atoms with Crippen molar-refractivity contribution < 1.29 is 9.18 Å². The Morgan fingerprint density at radius 3 is 2.50 bits per heavy atom. The first-order valence-corrected chi connectivity index (χ1v) is 7.19. The third-order valence-corrected chi connectivity index (χ3v) is 3.63. The Kier molecular flexibility index (Phi) is 5.35. The van der Waals surface area contributed by atoms with Crippen LogP contribution in [0.5, 0.6) is 0 Å². The number of nitrogens with two attached hydrogens (primary N) is 1. The lowest BCUT2D eigenvalue weighted by atomic mass is 10.1. The molecule has 2 rings (SSSR count). The van der Waals surface area contributed by atoms with E-state index in [1.807, 2.05) is 4.90 Å². The number of halogens is 1. The van der Waals surface area contributed by atoms with Crippen LogP contribution in [0.15, 0.2) is 24.3 Å². The van der Waals surface area contributed by atoms with Gasteiger partial charge in [-0.25, -0.2) is 4.39 Å². The van der Waals surface area contributed by atoms with E-state index >= 15 is 0 Å². The molecule has 0 aliphatic carbocycles. The second kappa shape index (κ2) is 7.24. The zero-order valence-corrected chi connectivity index (χ0v) is 11.6. The van der Waals surface area contributed by atoms with Crippen LogP contribution in [0.4, 0.5) is 10.1 Å². The number of piperidine rings is 1. The zero-order chi connectivity index (χ0) is 14.4. The van der Waals surface area contributed by atoms with Crippen LogP contribution in [0.25, 0.3) is 0 Å². The van der Waals surface area contributed by atoms with Crippen molar-refractivity contribution in [3.05, 3.63) is 30.1 Å². The zero-order valence-electron chi connectivity index (χ0n) is 11.6. The molecule has 3 N–H and O–H groups in total. The minimum absolute atomic E-state index is 0.116. The van der Waals surface area contributed by atoms with E-state index in [-0.39, 0.29) is 17.8 Å². The number of nitrogens with one attached hydrogen (secondary N) is 1. The number of hydrogen-bond acceptors (Lipinski definition) is 3. The molecule has 0 spiro atoms. The van der Waals surface area contributed by atoms with Crippen molar-refractivity contribution in [2.75, 3.05) is 25.0 Å². The summed E-state index contributed by atoms with van der Waals surface area (Å²) in [6, 6.07) is 5.98. The molecule has 1 heterocycles. The number of hydrogen-bond donors (Lipinski definition) is 2. The smallest absolute Gasteiger partial charge is 0.224 e. The largest absolute Gasteiger partial charge is 0.381 e. The molecule has 20 heavy (non-hydrogen) atoms. The van der Waals surface area contributed by atoms with Gasteiger partial charge in [-0.05, 0) is 43.5 Å². The summed E-state index contributed by atoms with van der Waals surface area (Å²) in [5, 5.41) is 3.19. The van der Waals surface area contributed by atoms with Crippen LogP contribution in [0, 0.1) is 5.82 Å². The number of carbonyl (C=O) groups excluding carboxylic acids is 1. The molecule has 1 aromatic rings. The van der Waals surface area contributed by atoms with Gasteiger partial charge in [0.2, 0.25) is 5.91 Å². The van der Waals surface area contributed by atoms with E-state index in [1.54, 1.807) is 12.1 Å². The van der Waals surface area contributed by atoms with Crippen LogP contribution >= 0.6 is 0 Å². The van der Waals surface area contributed by atoms with Crippen molar-refractivity contribution in [2.24, 2.45) is 5.73 Å². The molecule has 1 unspecified atom stereocenters. The molecular formula is C15H22FN3O. The fourth-order valence-corrected chi connectivity index (χ4v) is 2.46. The lowest BCUT2D eigenvalue weighted by Crippen LogP contribution is -2.40. The number of amides is 1. The van der Waals surface area contributed by atoms with Gasteiger partial charge in [-0.3, -0.25) is 4.79 Å². The van der Waals surface area contributed by atoms with E-state index in [1.165, 1.54) is 18.6 Å². The SMILES string of the molecule is NCC(CC(=O)N1CCCCC1)Nc1ccc(F)cc1. The average Bonchev–Trinajstić information content (AvgIpc) is 2.49. The Labute approximate surface area is 119 Å². The first-order valence-electron chi connectivity index (χ1n) is 7.19. The van der Waals surface area contributed by atoms with Gasteiger partial charge in [0, 0.05) is 37.8 Å². The van der Waals surface area contributed by atoms with E-state index in [4.69, 9.17) is 5.73 Å². The monoisotopic (exact) mass is 279 g/mol. The van der Waals surface area contributed by atoms with E-state index in [0.717, 1.165) is 31.6 Å². The maximum absolute atomic E-state index is 12.8. The molecule has 1 aliphatic heterocycles. The Hall–Kier alpha value is -1.62. The minimum Gasteiger partial charge on any atom is -0.381 e. The maximum atomic E-state index is 12.8. The molecule has 4 nitrogen and oxygen atoms in total. The number of likely N-dealkylation sites (tertiary alicyclic amines) is 1. The van der Waals surface area contributed by atoms with Crippen molar-refractivity contribution in [2.45, 2.75) is 31.7 Å². The fourth-order valence-electron chi connectivity index (χ4n) is 2.46. The van der Waals surface area contributed by atoms with Crippen molar-refractivity contribution in [1.82, 2.24) is 4.90 Å². The summed E-state index contributed by atoms with van der Waals surface area (Å²) >= 11 is 0. The van der Waals surface area contributed by atoms with Crippen LogP contribution in [0.3, 0.4) is 0 Å². The highest BCUT2D eigenvalue weighted by Crippen LogP contribution is 2.14. The van der Waals surface area contributed by atoms with E-state index < -0.39 is 0 Å². The summed E-state index contributed by atoms with van der Waals surface area (Å²) in [5.41, 5.74) is 6.51. The van der Waals surface area contributed by atoms with Crippen LogP contribution < -0.4 is 11.1 Å². The van der Waals surface area contributed by atoms with Gasteiger partial charge in [0.15, 0.2) is 0 Å². The first-order chi connectivity index (χ1) is 9.69. The van der Waals surface area contributed by atoms with Gasteiger partial charge in [0.05, 0.1) is 0 Å².